The normalized spacial score (nSPS) is 11.6. The second kappa shape index (κ2) is 8.06. The van der Waals surface area contributed by atoms with Gasteiger partial charge in [-0.1, -0.05) is 41.4 Å². The molecule has 0 aliphatic heterocycles. The monoisotopic (exact) mass is 410 g/mol. The van der Waals surface area contributed by atoms with Gasteiger partial charge in [-0.05, 0) is 29.8 Å². The van der Waals surface area contributed by atoms with Crippen LogP contribution in [0.4, 0.5) is 8.78 Å². The summed E-state index contributed by atoms with van der Waals surface area (Å²) >= 11 is 12.1. The molecule has 0 atom stereocenters. The van der Waals surface area contributed by atoms with Crippen molar-refractivity contribution in [2.24, 2.45) is 0 Å². The van der Waals surface area contributed by atoms with Crippen LogP contribution >= 0.6 is 23.2 Å². The summed E-state index contributed by atoms with van der Waals surface area (Å²) in [6.45, 7) is 0.255. The number of nitrogens with zero attached hydrogens (tertiary/aromatic N) is 2. The summed E-state index contributed by atoms with van der Waals surface area (Å²) in [7, 11) is 1.26. The van der Waals surface area contributed by atoms with Crippen molar-refractivity contribution in [2.75, 3.05) is 7.11 Å². The van der Waals surface area contributed by atoms with E-state index in [9.17, 15) is 13.6 Å². The zero-order chi connectivity index (χ0) is 19.6. The van der Waals surface area contributed by atoms with Crippen molar-refractivity contribution in [1.29, 1.82) is 0 Å². The van der Waals surface area contributed by atoms with E-state index in [-0.39, 0.29) is 12.1 Å². The van der Waals surface area contributed by atoms with Crippen molar-refractivity contribution in [3.05, 3.63) is 69.3 Å². The second-order valence-electron chi connectivity index (χ2n) is 5.71. The summed E-state index contributed by atoms with van der Waals surface area (Å²) in [5.41, 5.74) is 1.58. The molecule has 0 fully saturated rings. The van der Waals surface area contributed by atoms with Gasteiger partial charge in [0.1, 0.15) is 0 Å². The predicted octanol–water partition coefficient (Wildman–Crippen LogP) is 5.52. The van der Waals surface area contributed by atoms with Gasteiger partial charge in [-0.3, -0.25) is 4.68 Å². The molecule has 0 bridgehead atoms. The fourth-order valence-electron chi connectivity index (χ4n) is 2.62. The number of esters is 1. The molecule has 0 saturated carbocycles. The number of hydrogen-bond donors (Lipinski definition) is 0. The van der Waals surface area contributed by atoms with E-state index in [1.807, 2.05) is 0 Å². The highest BCUT2D eigenvalue weighted by Gasteiger charge is 2.15. The van der Waals surface area contributed by atoms with Crippen molar-refractivity contribution in [3.63, 3.8) is 0 Å². The Bertz CT molecular complexity index is 1030. The van der Waals surface area contributed by atoms with Gasteiger partial charge >= 0.3 is 5.97 Å². The summed E-state index contributed by atoms with van der Waals surface area (Å²) in [6.07, 6.45) is 0.101. The van der Waals surface area contributed by atoms with Crippen LogP contribution in [0.1, 0.15) is 23.2 Å². The Hall–Kier alpha value is -2.44. The maximum absolute atomic E-state index is 13.1. The first-order chi connectivity index (χ1) is 12.9. The molecule has 0 unspecified atom stereocenters. The van der Waals surface area contributed by atoms with Crippen LogP contribution in [0.3, 0.4) is 0 Å². The number of aromatic nitrogens is 2. The van der Waals surface area contributed by atoms with Crippen LogP contribution in [0.2, 0.25) is 10.0 Å². The number of benzene rings is 2. The molecule has 3 aromatic rings. The highest BCUT2D eigenvalue weighted by molar-refractivity contribution is 6.35. The first-order valence-corrected chi connectivity index (χ1v) is 8.63. The molecule has 27 heavy (non-hydrogen) atoms. The molecule has 4 nitrogen and oxygen atoms in total. The van der Waals surface area contributed by atoms with Gasteiger partial charge in [0, 0.05) is 27.1 Å². The molecule has 0 aliphatic carbocycles. The second-order valence-corrected chi connectivity index (χ2v) is 6.56. The molecule has 2 aromatic carbocycles. The van der Waals surface area contributed by atoms with Crippen molar-refractivity contribution in [1.82, 2.24) is 9.78 Å². The van der Waals surface area contributed by atoms with Gasteiger partial charge < -0.3 is 4.74 Å². The SMILES string of the molecule is COC(=O)/C=C/c1nn(Cc2ccc(Cl)cc2Cl)c2cc(C(F)F)ccc12. The van der Waals surface area contributed by atoms with Crippen LogP contribution in [0.25, 0.3) is 17.0 Å². The third-order valence-corrected chi connectivity index (χ3v) is 4.56. The van der Waals surface area contributed by atoms with E-state index in [0.29, 0.717) is 26.6 Å². The van der Waals surface area contributed by atoms with Gasteiger partial charge in [0.15, 0.2) is 0 Å². The van der Waals surface area contributed by atoms with E-state index in [2.05, 4.69) is 9.84 Å². The molecule has 8 heteroatoms. The average Bonchev–Trinajstić information content (AvgIpc) is 2.99. The Morgan fingerprint density at radius 3 is 2.70 bits per heavy atom. The smallest absolute Gasteiger partial charge is 0.330 e. The molecule has 1 aromatic heterocycles. The van der Waals surface area contributed by atoms with E-state index in [1.54, 1.807) is 28.9 Å². The van der Waals surface area contributed by atoms with Crippen LogP contribution < -0.4 is 0 Å². The number of rotatable bonds is 5. The number of fused-ring (bicyclic) bond motifs is 1. The maximum Gasteiger partial charge on any atom is 0.330 e. The Balaban J connectivity index is 2.10. The van der Waals surface area contributed by atoms with Crippen LogP contribution in [0, 0.1) is 0 Å². The van der Waals surface area contributed by atoms with E-state index < -0.39 is 12.4 Å². The Kier molecular flexibility index (Phi) is 5.77. The fraction of sp³-hybridized carbons (Fsp3) is 0.158. The lowest BCUT2D eigenvalue weighted by Crippen LogP contribution is -2.03. The summed E-state index contributed by atoms with van der Waals surface area (Å²) in [4.78, 5) is 11.4. The Labute approximate surface area is 163 Å². The molecule has 140 valence electrons. The topological polar surface area (TPSA) is 44.1 Å². The fourth-order valence-corrected chi connectivity index (χ4v) is 3.09. The number of ether oxygens (including phenoxy) is 1. The van der Waals surface area contributed by atoms with Crippen molar-refractivity contribution in [2.45, 2.75) is 13.0 Å². The Morgan fingerprint density at radius 1 is 1.26 bits per heavy atom. The largest absolute Gasteiger partial charge is 0.466 e. The van der Waals surface area contributed by atoms with Gasteiger partial charge in [0.25, 0.3) is 6.43 Å². The highest BCUT2D eigenvalue weighted by atomic mass is 35.5. The minimum Gasteiger partial charge on any atom is -0.466 e. The molecule has 0 amide bonds. The summed E-state index contributed by atoms with van der Waals surface area (Å²) in [6, 6.07) is 9.32. The molecule has 0 spiro atoms. The number of carbonyl (C=O) groups excluding carboxylic acids is 1. The molecule has 0 N–H and O–H groups in total. The molecule has 0 radical (unpaired) electrons. The third kappa shape index (κ3) is 4.28. The number of halogens is 4. The molecule has 0 aliphatic rings. The quantitative estimate of drug-likeness (QED) is 0.411. The standard InChI is InChI=1S/C19H14Cl2F2N2O2/c1-27-18(26)7-6-16-14-5-3-11(19(22)23)8-17(14)25(24-16)10-12-2-4-13(20)9-15(12)21/h2-9,19H,10H2,1H3/b7-6+. The van der Waals surface area contributed by atoms with Crippen LogP contribution in [0.15, 0.2) is 42.5 Å². The lowest BCUT2D eigenvalue weighted by molar-refractivity contribution is -0.134. The number of hydrogen-bond acceptors (Lipinski definition) is 3. The molecule has 1 heterocycles. The van der Waals surface area contributed by atoms with Gasteiger partial charge in [0.05, 0.1) is 24.9 Å². The van der Waals surface area contributed by atoms with E-state index in [0.717, 1.165) is 5.56 Å². The first-order valence-electron chi connectivity index (χ1n) is 7.87. The first kappa shape index (κ1) is 19.3. The van der Waals surface area contributed by atoms with Crippen molar-refractivity contribution >= 4 is 46.2 Å². The van der Waals surface area contributed by atoms with Crippen LogP contribution in [-0.2, 0) is 16.1 Å². The van der Waals surface area contributed by atoms with Gasteiger partial charge in [-0.15, -0.1) is 0 Å². The minimum absolute atomic E-state index is 0.116. The van der Waals surface area contributed by atoms with Gasteiger partial charge in [-0.2, -0.15) is 5.10 Å². The Morgan fingerprint density at radius 2 is 2.04 bits per heavy atom. The number of methoxy groups -OCH3 is 1. The van der Waals surface area contributed by atoms with Gasteiger partial charge in [-0.25, -0.2) is 13.6 Å². The lowest BCUT2D eigenvalue weighted by Gasteiger charge is -2.07. The third-order valence-electron chi connectivity index (χ3n) is 3.97. The average molecular weight is 411 g/mol. The molecule has 3 rings (SSSR count). The predicted molar refractivity (Wildman–Crippen MR) is 101 cm³/mol. The molecule has 0 saturated heterocycles. The molecular weight excluding hydrogens is 397 g/mol. The van der Waals surface area contributed by atoms with E-state index >= 15 is 0 Å². The zero-order valence-corrected chi connectivity index (χ0v) is 15.6. The highest BCUT2D eigenvalue weighted by Crippen LogP contribution is 2.28. The molecular formula is C19H14Cl2F2N2O2. The summed E-state index contributed by atoms with van der Waals surface area (Å²) in [5, 5.41) is 6.01. The lowest BCUT2D eigenvalue weighted by atomic mass is 10.1. The zero-order valence-electron chi connectivity index (χ0n) is 14.1. The van der Waals surface area contributed by atoms with Crippen molar-refractivity contribution < 1.29 is 18.3 Å². The van der Waals surface area contributed by atoms with Crippen molar-refractivity contribution in [3.8, 4) is 0 Å². The summed E-state index contributed by atoms with van der Waals surface area (Å²) in [5.74, 6) is -0.539. The van der Waals surface area contributed by atoms with Gasteiger partial charge in [0.2, 0.25) is 0 Å². The maximum atomic E-state index is 13.1. The summed E-state index contributed by atoms with van der Waals surface area (Å²) < 4.78 is 32.4. The van der Waals surface area contributed by atoms with E-state index in [1.165, 1.54) is 31.4 Å². The van der Waals surface area contributed by atoms with Crippen LogP contribution in [0.5, 0.6) is 0 Å². The number of carbonyl (C=O) groups is 1. The van der Waals surface area contributed by atoms with Crippen LogP contribution in [-0.4, -0.2) is 22.9 Å². The van der Waals surface area contributed by atoms with E-state index in [4.69, 9.17) is 23.2 Å². The number of alkyl halides is 2. The minimum atomic E-state index is -2.61.